The Kier molecular flexibility index (Phi) is 4.12. The second-order valence-electron chi connectivity index (χ2n) is 5.47. The number of nitrogens with one attached hydrogen (secondary N) is 1. The number of benzene rings is 1. The lowest BCUT2D eigenvalue weighted by Crippen LogP contribution is -2.16. The molecule has 1 heterocycles. The van der Waals surface area contributed by atoms with Crippen LogP contribution in [0.15, 0.2) is 33.6 Å². The largest absolute Gasteiger partial charge is 0.486 e. The van der Waals surface area contributed by atoms with E-state index in [2.05, 4.69) is 11.9 Å². The van der Waals surface area contributed by atoms with Crippen LogP contribution in [-0.4, -0.2) is 13.7 Å². The van der Waals surface area contributed by atoms with Gasteiger partial charge in [-0.2, -0.15) is 0 Å². The van der Waals surface area contributed by atoms with Crippen LogP contribution in [0.5, 0.6) is 5.75 Å². The van der Waals surface area contributed by atoms with Gasteiger partial charge in [0.05, 0.1) is 5.02 Å². The Morgan fingerprint density at radius 2 is 2.09 bits per heavy atom. The van der Waals surface area contributed by atoms with Gasteiger partial charge < -0.3 is 14.5 Å². The third kappa shape index (κ3) is 2.71. The van der Waals surface area contributed by atoms with Crippen LogP contribution < -0.4 is 15.7 Å². The lowest BCUT2D eigenvalue weighted by molar-refractivity contribution is 0.345. The van der Waals surface area contributed by atoms with Gasteiger partial charge in [-0.05, 0) is 37.3 Å². The van der Waals surface area contributed by atoms with Crippen molar-refractivity contribution < 1.29 is 9.15 Å². The summed E-state index contributed by atoms with van der Waals surface area (Å²) in [7, 11) is 1.78. The summed E-state index contributed by atoms with van der Waals surface area (Å²) < 4.78 is 11.1. The molecule has 116 valence electrons. The van der Waals surface area contributed by atoms with Gasteiger partial charge in [-0.3, -0.25) is 0 Å². The highest BCUT2D eigenvalue weighted by Crippen LogP contribution is 2.34. The molecule has 0 saturated heterocycles. The van der Waals surface area contributed by atoms with Crippen molar-refractivity contribution in [2.45, 2.75) is 25.7 Å². The van der Waals surface area contributed by atoms with Gasteiger partial charge in [0, 0.05) is 29.8 Å². The number of halogens is 1. The van der Waals surface area contributed by atoms with Crippen LogP contribution in [-0.2, 0) is 12.8 Å². The second kappa shape index (κ2) is 6.05. The third-order valence-electron chi connectivity index (χ3n) is 4.03. The summed E-state index contributed by atoms with van der Waals surface area (Å²) in [6.07, 6.45) is 3.80. The van der Waals surface area contributed by atoms with Crippen molar-refractivity contribution in [2.24, 2.45) is 0 Å². The molecule has 0 spiro atoms. The van der Waals surface area contributed by atoms with E-state index >= 15 is 0 Å². The highest BCUT2D eigenvalue weighted by Gasteiger charge is 2.19. The van der Waals surface area contributed by atoms with E-state index in [9.17, 15) is 4.79 Å². The predicted molar refractivity (Wildman–Crippen MR) is 87.8 cm³/mol. The molecule has 0 bridgehead atoms. The van der Waals surface area contributed by atoms with Crippen LogP contribution in [0.3, 0.4) is 0 Å². The average molecular weight is 320 g/mol. The zero-order valence-electron chi connectivity index (χ0n) is 12.5. The Morgan fingerprint density at radius 3 is 2.82 bits per heavy atom. The van der Waals surface area contributed by atoms with Crippen LogP contribution in [0.25, 0.3) is 11.0 Å². The summed E-state index contributed by atoms with van der Waals surface area (Å²) in [4.78, 5) is 12.1. The quantitative estimate of drug-likeness (QED) is 0.877. The van der Waals surface area contributed by atoms with Gasteiger partial charge >= 0.3 is 5.63 Å². The molecule has 0 atom stereocenters. The van der Waals surface area contributed by atoms with Crippen LogP contribution >= 0.6 is 11.6 Å². The zero-order chi connectivity index (χ0) is 15.7. The third-order valence-corrected chi connectivity index (χ3v) is 4.33. The molecular weight excluding hydrogens is 302 g/mol. The molecule has 0 fully saturated rings. The van der Waals surface area contributed by atoms with Crippen molar-refractivity contribution in [1.82, 2.24) is 5.32 Å². The van der Waals surface area contributed by atoms with Gasteiger partial charge in [0.15, 0.2) is 0 Å². The lowest BCUT2D eigenvalue weighted by Gasteiger charge is -2.17. The van der Waals surface area contributed by atoms with E-state index in [4.69, 9.17) is 20.8 Å². The monoisotopic (exact) mass is 319 g/mol. The molecule has 1 aliphatic carbocycles. The molecule has 4 nitrogen and oxygen atoms in total. The lowest BCUT2D eigenvalue weighted by atomic mass is 9.91. The number of ether oxygens (including phenoxy) is 1. The fraction of sp³-hybridized carbons (Fsp3) is 0.353. The molecule has 2 aromatic rings. The average Bonchev–Trinajstić information content (AvgIpc) is 2.54. The van der Waals surface area contributed by atoms with Crippen LogP contribution in [0.4, 0.5) is 0 Å². The summed E-state index contributed by atoms with van der Waals surface area (Å²) in [5, 5.41) is 4.33. The molecule has 0 amide bonds. The summed E-state index contributed by atoms with van der Waals surface area (Å²) >= 11 is 6.32. The molecule has 3 rings (SSSR count). The van der Waals surface area contributed by atoms with E-state index in [1.54, 1.807) is 13.1 Å². The molecule has 0 aliphatic heterocycles. The minimum absolute atomic E-state index is 0.241. The molecule has 1 aliphatic rings. The Balaban J connectivity index is 2.06. The van der Waals surface area contributed by atoms with Crippen molar-refractivity contribution in [2.75, 3.05) is 13.7 Å². The maximum absolute atomic E-state index is 12.1. The maximum atomic E-state index is 12.1. The number of hydrogen-bond donors (Lipinski definition) is 1. The van der Waals surface area contributed by atoms with E-state index in [1.807, 2.05) is 6.07 Å². The van der Waals surface area contributed by atoms with Gasteiger partial charge in [0.1, 0.15) is 17.9 Å². The molecular formula is C17H18ClNO3. The predicted octanol–water partition coefficient (Wildman–Crippen LogP) is 3.44. The van der Waals surface area contributed by atoms with Crippen LogP contribution in [0, 0.1) is 0 Å². The molecule has 22 heavy (non-hydrogen) atoms. The molecule has 1 aromatic heterocycles. The highest BCUT2D eigenvalue weighted by atomic mass is 35.5. The van der Waals surface area contributed by atoms with Gasteiger partial charge in [-0.15, -0.1) is 0 Å². The van der Waals surface area contributed by atoms with Gasteiger partial charge in [0.25, 0.3) is 0 Å². The molecule has 0 unspecified atom stereocenters. The first-order valence-corrected chi connectivity index (χ1v) is 7.74. The minimum atomic E-state index is -0.241. The van der Waals surface area contributed by atoms with Crippen LogP contribution in [0.2, 0.25) is 5.02 Å². The topological polar surface area (TPSA) is 51.5 Å². The van der Waals surface area contributed by atoms with Crippen molar-refractivity contribution in [1.29, 1.82) is 0 Å². The number of rotatable bonds is 4. The standard InChI is InChI=1S/C17H18ClNO3/c1-10(19-2)9-21-16-8-15-13(7-14(16)18)11-5-3-4-6-12(11)17(20)22-15/h7-8,19H,1,3-6,9H2,2H3. The van der Waals surface area contributed by atoms with E-state index in [0.717, 1.165) is 47.9 Å². The Labute approximate surface area is 133 Å². The zero-order valence-corrected chi connectivity index (χ0v) is 13.3. The summed E-state index contributed by atoms with van der Waals surface area (Å²) in [5.74, 6) is 0.490. The van der Waals surface area contributed by atoms with Gasteiger partial charge in [-0.25, -0.2) is 4.79 Å². The summed E-state index contributed by atoms with van der Waals surface area (Å²) in [6, 6.07) is 3.53. The first kappa shape index (κ1) is 15.0. The summed E-state index contributed by atoms with van der Waals surface area (Å²) in [5.41, 5.74) is 2.90. The van der Waals surface area contributed by atoms with Gasteiger partial charge in [0.2, 0.25) is 0 Å². The maximum Gasteiger partial charge on any atom is 0.339 e. The molecule has 5 heteroatoms. The number of fused-ring (bicyclic) bond motifs is 3. The number of likely N-dealkylation sites (N-methyl/N-ethyl adjacent to an activating group) is 1. The van der Waals surface area contributed by atoms with Crippen molar-refractivity contribution in [3.05, 3.63) is 51.0 Å². The Hall–Kier alpha value is -1.94. The van der Waals surface area contributed by atoms with Crippen molar-refractivity contribution in [3.63, 3.8) is 0 Å². The first-order chi connectivity index (χ1) is 10.6. The Bertz CT molecular complexity index is 795. The first-order valence-electron chi connectivity index (χ1n) is 7.36. The van der Waals surface area contributed by atoms with Crippen molar-refractivity contribution in [3.8, 4) is 5.75 Å². The summed E-state index contributed by atoms with van der Waals surface area (Å²) in [6.45, 7) is 4.10. The molecule has 0 radical (unpaired) electrons. The van der Waals surface area contributed by atoms with Crippen molar-refractivity contribution >= 4 is 22.6 Å². The fourth-order valence-electron chi connectivity index (χ4n) is 2.79. The second-order valence-corrected chi connectivity index (χ2v) is 5.88. The molecule has 1 aromatic carbocycles. The Morgan fingerprint density at radius 1 is 1.36 bits per heavy atom. The van der Waals surface area contributed by atoms with E-state index in [-0.39, 0.29) is 5.63 Å². The fourth-order valence-corrected chi connectivity index (χ4v) is 3.01. The SMILES string of the molecule is C=C(COc1cc2oc(=O)c3c(c2cc1Cl)CCCC3)NC. The normalized spacial score (nSPS) is 13.7. The number of hydrogen-bond acceptors (Lipinski definition) is 4. The van der Waals surface area contributed by atoms with Crippen LogP contribution in [0.1, 0.15) is 24.0 Å². The minimum Gasteiger partial charge on any atom is -0.486 e. The molecule has 1 N–H and O–H groups in total. The number of aryl methyl sites for hydroxylation is 1. The van der Waals surface area contributed by atoms with E-state index < -0.39 is 0 Å². The smallest absolute Gasteiger partial charge is 0.339 e. The van der Waals surface area contributed by atoms with E-state index in [0.29, 0.717) is 23.0 Å². The molecule has 0 saturated carbocycles. The van der Waals surface area contributed by atoms with Gasteiger partial charge in [-0.1, -0.05) is 18.2 Å². The highest BCUT2D eigenvalue weighted by molar-refractivity contribution is 6.32. The van der Waals surface area contributed by atoms with E-state index in [1.165, 1.54) is 0 Å².